The molecule has 18 heteroatoms. The fourth-order valence-corrected chi connectivity index (χ4v) is 10.3. The molecule has 1 N–H and O–H groups in total. The Hall–Kier alpha value is -3.67. The summed E-state index contributed by atoms with van der Waals surface area (Å²) >= 11 is -0.556. The topological polar surface area (TPSA) is 101 Å². The van der Waals surface area contributed by atoms with E-state index in [2.05, 4.69) is 200 Å². The van der Waals surface area contributed by atoms with E-state index in [0.717, 1.165) is 101 Å². The Morgan fingerprint density at radius 2 is 1.04 bits per heavy atom. The summed E-state index contributed by atoms with van der Waals surface area (Å²) < 4.78 is 13.6. The van der Waals surface area contributed by atoms with Crippen molar-refractivity contribution in [2.45, 2.75) is 6.92 Å². The molecule has 0 saturated carbocycles. The first kappa shape index (κ1) is 64.8. The van der Waals surface area contributed by atoms with Crippen molar-refractivity contribution < 1.29 is 42.8 Å². The number of aryl methyl sites for hydroxylation is 2. The van der Waals surface area contributed by atoms with E-state index in [4.69, 9.17) is 57.5 Å². The smallest absolute Gasteiger partial charge is 2.00 e. The van der Waals surface area contributed by atoms with Crippen molar-refractivity contribution in [1.82, 2.24) is 38.2 Å². The number of rotatable bonds is 9. The number of pyridine rings is 2. The van der Waals surface area contributed by atoms with Crippen molar-refractivity contribution in [3.05, 3.63) is 231 Å². The summed E-state index contributed by atoms with van der Waals surface area (Å²) in [6.07, 6.45) is 3.65. The minimum atomic E-state index is -3.06. The molecule has 0 bridgehead atoms. The SMILES string of the molecule is CCOCCO.Cn1c(-c2[c-]c3c(cc2)c2ccccc2n3-c2[c-]c(-c3ccccn3)ccc2)nc2ccccc21.Cn1c(-c2ccc3c4ccccc4n(-c4cccc(-c5ccccn5)c4)c3c2)nc2ccccc21.[Cl][Pt]([Cl])([Cl])[Cl].[K][K].[Pt+2]. The molecule has 0 spiro atoms. The van der Waals surface area contributed by atoms with Crippen LogP contribution >= 0.6 is 37.7 Å². The predicted octanol–water partition coefficient (Wildman–Crippen LogP) is 16.4. The van der Waals surface area contributed by atoms with Gasteiger partial charge in [-0.15, -0.1) is 53.6 Å². The van der Waals surface area contributed by atoms with E-state index in [1.54, 1.807) is 0 Å². The number of hydrogen-bond acceptors (Lipinski definition) is 6. The molecule has 14 rings (SSSR count). The Kier molecular flexibility index (Phi) is 23.5. The first-order chi connectivity index (χ1) is 40.5. The van der Waals surface area contributed by atoms with Crippen LogP contribution in [0.3, 0.4) is 0 Å². The van der Waals surface area contributed by atoms with Gasteiger partial charge in [-0.3, -0.25) is 9.97 Å². The van der Waals surface area contributed by atoms with Crippen molar-refractivity contribution >= 4 is 167 Å². The third-order valence-corrected chi connectivity index (χ3v) is 13.8. The van der Waals surface area contributed by atoms with E-state index >= 15 is 0 Å². The first-order valence-corrected chi connectivity index (χ1v) is 54.2. The molecule has 14 aromatic rings. The van der Waals surface area contributed by atoms with E-state index in [1.807, 2.05) is 80.0 Å². The van der Waals surface area contributed by atoms with Gasteiger partial charge in [0.05, 0.1) is 57.8 Å². The van der Waals surface area contributed by atoms with Crippen molar-refractivity contribution in [2.24, 2.45) is 14.1 Å². The van der Waals surface area contributed by atoms with Crippen molar-refractivity contribution in [3.63, 3.8) is 0 Å². The molecule has 418 valence electrons. The molecule has 0 saturated heterocycles. The number of benzene rings is 8. The molecule has 10 nitrogen and oxygen atoms in total. The number of aromatic nitrogens is 8. The molecule has 6 heterocycles. The van der Waals surface area contributed by atoms with Gasteiger partial charge >= 0.3 is 134 Å². The van der Waals surface area contributed by atoms with Gasteiger partial charge in [-0.05, 0) is 102 Å². The van der Waals surface area contributed by atoms with Crippen molar-refractivity contribution in [1.29, 1.82) is 0 Å². The summed E-state index contributed by atoms with van der Waals surface area (Å²) in [5.41, 5.74) is 16.7. The molecular formula is C66H52Cl4K2N8O2Pt2. The molecule has 0 aliphatic carbocycles. The normalized spacial score (nSPS) is 11.3. The van der Waals surface area contributed by atoms with Gasteiger partial charge in [-0.25, -0.2) is 4.98 Å². The van der Waals surface area contributed by atoms with Gasteiger partial charge in [0, 0.05) is 66.2 Å². The number of aliphatic hydroxyl groups is 1. The van der Waals surface area contributed by atoms with Crippen LogP contribution in [0.5, 0.6) is 0 Å². The number of imidazole rings is 2. The van der Waals surface area contributed by atoms with Crippen molar-refractivity contribution in [2.75, 3.05) is 19.8 Å². The molecule has 8 aromatic carbocycles. The number of nitrogens with zero attached hydrogens (tertiary/aromatic N) is 8. The maximum absolute atomic E-state index is 8.07. The molecule has 0 aliphatic rings. The van der Waals surface area contributed by atoms with E-state index in [9.17, 15) is 0 Å². The summed E-state index contributed by atoms with van der Waals surface area (Å²) in [7, 11) is 24.2. The van der Waals surface area contributed by atoms with Crippen LogP contribution in [0.4, 0.5) is 0 Å². The van der Waals surface area contributed by atoms with Gasteiger partial charge in [0.25, 0.3) is 0 Å². The first-order valence-electron chi connectivity index (χ1n) is 26.9. The van der Waals surface area contributed by atoms with E-state index in [0.29, 0.717) is 13.2 Å². The Bertz CT molecular complexity index is 4230. The van der Waals surface area contributed by atoms with Crippen LogP contribution in [0, 0.1) is 12.1 Å². The maximum Gasteiger partial charge on any atom is 2.00 e. The number of ether oxygens (including phenoxy) is 1. The number of hydrogen-bond donors (Lipinski definition) is 1. The average molecular weight is 1600 g/mol. The van der Waals surface area contributed by atoms with Crippen LogP contribution in [0.1, 0.15) is 6.92 Å². The second kappa shape index (κ2) is 30.5. The van der Waals surface area contributed by atoms with Gasteiger partial charge in [-0.2, -0.15) is 0 Å². The number of fused-ring (bicyclic) bond motifs is 8. The number of aliphatic hydroxyl groups excluding tert-OH is 1. The summed E-state index contributed by atoms with van der Waals surface area (Å²) in [6, 6.07) is 78.6. The molecule has 84 heavy (non-hydrogen) atoms. The monoisotopic (exact) mass is 1600 g/mol. The van der Waals surface area contributed by atoms with Gasteiger partial charge in [0.2, 0.25) is 0 Å². The molecule has 0 atom stereocenters. The number of para-hydroxylation sites is 6. The standard InChI is InChI=1S/C31H22N4.C31H20N4.C4H10O2.4ClH.2K.2Pt/c2*1-34-29-15-5-3-13-27(29)33-31(34)22-16-17-25-24-11-2-4-14-28(24)35(30(25)20-22)23-10-8-9-21(19-23)26-12-6-7-18-32-26;1-2-6-4-3-5;;;;;;;;/h2-20H,1H3;2-18H,1H3;5H,2-4H2,1H3;4*1H;;;;/q;-2;;;;;;;;+2;+4/p-4. The van der Waals surface area contributed by atoms with Crippen LogP contribution in [0.25, 0.3) is 122 Å². The summed E-state index contributed by atoms with van der Waals surface area (Å²) in [4.78, 5) is 18.9. The van der Waals surface area contributed by atoms with Crippen LogP contribution in [0.15, 0.2) is 219 Å². The third-order valence-electron chi connectivity index (χ3n) is 13.8. The Morgan fingerprint density at radius 1 is 0.500 bits per heavy atom. The zero-order valence-corrected chi connectivity index (χ0v) is 60.3. The van der Waals surface area contributed by atoms with Gasteiger partial charge in [-0.1, -0.05) is 109 Å². The molecule has 0 unspecified atom stereocenters. The fraction of sp³-hybridized carbons (Fsp3) is 0.0909. The summed E-state index contributed by atoms with van der Waals surface area (Å²) in [5.74, 6) is 1.86. The number of halogens is 4. The molecule has 6 aromatic heterocycles. The fourth-order valence-electron chi connectivity index (χ4n) is 10.3. The Labute approximate surface area is 566 Å². The molecular weight excluding hydrogens is 1550 g/mol. The Balaban J connectivity index is 0.000000166. The van der Waals surface area contributed by atoms with Crippen LogP contribution in [-0.2, 0) is 51.8 Å². The molecule has 0 radical (unpaired) electrons. The molecule has 0 fully saturated rings. The Morgan fingerprint density at radius 3 is 1.64 bits per heavy atom. The summed E-state index contributed by atoms with van der Waals surface area (Å²) in [5, 5.41) is 12.9. The second-order valence-corrected chi connectivity index (χ2v) is 38.4. The van der Waals surface area contributed by atoms with Gasteiger partial charge in [0.15, 0.2) is 0 Å². The second-order valence-electron chi connectivity index (χ2n) is 18.7. The van der Waals surface area contributed by atoms with Crippen LogP contribution < -0.4 is 0 Å². The molecule has 0 aliphatic heterocycles. The zero-order chi connectivity index (χ0) is 58.0. The zero-order valence-electron chi connectivity index (χ0n) is 46.5. The maximum atomic E-state index is 8.07. The minimum Gasteiger partial charge on any atom is 2.00 e. The third kappa shape index (κ3) is 14.9. The minimum absolute atomic E-state index is 0. The van der Waals surface area contributed by atoms with E-state index < -0.39 is 11.9 Å². The van der Waals surface area contributed by atoms with Crippen molar-refractivity contribution in [3.8, 4) is 56.7 Å². The van der Waals surface area contributed by atoms with Gasteiger partial charge < -0.3 is 33.1 Å². The van der Waals surface area contributed by atoms with E-state index in [1.165, 1.54) is 84.8 Å². The predicted molar refractivity (Wildman–Crippen MR) is 344 cm³/mol. The quantitative estimate of drug-likeness (QED) is 0.0878. The van der Waals surface area contributed by atoms with Crippen LogP contribution in [0.2, 0.25) is 0 Å². The summed E-state index contributed by atoms with van der Waals surface area (Å²) in [6.45, 7) is 3.20. The average Bonchev–Trinajstić information content (AvgIpc) is 3.10. The van der Waals surface area contributed by atoms with Crippen LogP contribution in [-0.4, -0.2) is 126 Å². The van der Waals surface area contributed by atoms with Gasteiger partial charge in [0.1, 0.15) is 5.82 Å². The molecule has 0 amide bonds. The largest absolute Gasteiger partial charge is 2.00 e. The van der Waals surface area contributed by atoms with E-state index in [-0.39, 0.29) is 27.7 Å².